The van der Waals surface area contributed by atoms with Crippen LogP contribution in [0.4, 0.5) is 14.9 Å². The van der Waals surface area contributed by atoms with Crippen molar-refractivity contribution in [3.8, 4) is 0 Å². The van der Waals surface area contributed by atoms with Gasteiger partial charge in [0.1, 0.15) is 11.8 Å². The Morgan fingerprint density at radius 1 is 1.38 bits per heavy atom. The summed E-state index contributed by atoms with van der Waals surface area (Å²) in [5.41, 5.74) is 2.49. The van der Waals surface area contributed by atoms with Crippen LogP contribution < -0.4 is 5.32 Å². The Bertz CT molecular complexity index is 817. The van der Waals surface area contributed by atoms with Crippen LogP contribution in [0.2, 0.25) is 0 Å². The van der Waals surface area contributed by atoms with Gasteiger partial charge in [-0.05, 0) is 45.4 Å². The molecule has 1 aliphatic heterocycles. The molecule has 1 N–H and O–H groups in total. The largest absolute Gasteiger partial charge is 0.444 e. The van der Waals surface area contributed by atoms with Crippen LogP contribution in [0, 0.1) is 5.92 Å². The Balaban J connectivity index is 1.60. The zero-order valence-electron chi connectivity index (χ0n) is 15.0. The quantitative estimate of drug-likeness (QED) is 0.861. The van der Waals surface area contributed by atoms with Gasteiger partial charge in [-0.25, -0.2) is 14.2 Å². The number of carbonyl (C=O) groups excluding carboxylic acids is 2. The summed E-state index contributed by atoms with van der Waals surface area (Å²) in [6.45, 7) is 5.43. The molecule has 1 aromatic heterocycles. The van der Waals surface area contributed by atoms with Gasteiger partial charge in [0.25, 0.3) is 0 Å². The fraction of sp³-hybridized carbons (Fsp3) is 0.500. The molecule has 2 aromatic rings. The van der Waals surface area contributed by atoms with Crippen LogP contribution in [0.15, 0.2) is 23.7 Å². The molecule has 2 heterocycles. The molecule has 1 aromatic carbocycles. The third-order valence-electron chi connectivity index (χ3n) is 4.13. The van der Waals surface area contributed by atoms with E-state index in [4.69, 9.17) is 4.74 Å². The number of halogens is 1. The first-order valence-corrected chi connectivity index (χ1v) is 9.37. The monoisotopic (exact) mass is 379 g/mol. The van der Waals surface area contributed by atoms with E-state index in [2.05, 4.69) is 10.3 Å². The number of likely N-dealkylation sites (tertiary alicyclic amines) is 1. The molecule has 6 nitrogen and oxygen atoms in total. The van der Waals surface area contributed by atoms with E-state index in [1.165, 1.54) is 16.2 Å². The predicted molar refractivity (Wildman–Crippen MR) is 99.1 cm³/mol. The number of nitrogens with one attached hydrogen (secondary N) is 1. The maximum Gasteiger partial charge on any atom is 0.410 e. The number of ether oxygens (including phenoxy) is 1. The molecule has 26 heavy (non-hydrogen) atoms. The van der Waals surface area contributed by atoms with Crippen molar-refractivity contribution in [2.45, 2.75) is 39.0 Å². The number of anilines is 1. The second-order valence-corrected chi connectivity index (χ2v) is 8.25. The van der Waals surface area contributed by atoms with Crippen LogP contribution in [0.1, 0.15) is 27.2 Å². The molecule has 2 amide bonds. The van der Waals surface area contributed by atoms with Crippen molar-refractivity contribution >= 4 is 39.2 Å². The van der Waals surface area contributed by atoms with Crippen LogP contribution in [0.25, 0.3) is 10.2 Å². The highest BCUT2D eigenvalue weighted by molar-refractivity contribution is 7.16. The normalized spacial score (nSPS) is 20.8. The van der Waals surface area contributed by atoms with Crippen molar-refractivity contribution in [3.05, 3.63) is 23.7 Å². The molecule has 1 saturated heterocycles. The van der Waals surface area contributed by atoms with Crippen LogP contribution in [-0.4, -0.2) is 46.7 Å². The van der Waals surface area contributed by atoms with Crippen molar-refractivity contribution in [1.82, 2.24) is 9.88 Å². The number of hydrogen-bond donors (Lipinski definition) is 1. The summed E-state index contributed by atoms with van der Waals surface area (Å²) in [6, 6.07) is 5.43. The Hall–Kier alpha value is -2.22. The topological polar surface area (TPSA) is 71.5 Å². The smallest absolute Gasteiger partial charge is 0.410 e. The number of hydrogen-bond acceptors (Lipinski definition) is 5. The number of rotatable bonds is 2. The van der Waals surface area contributed by atoms with Crippen LogP contribution in [0.5, 0.6) is 0 Å². The van der Waals surface area contributed by atoms with Gasteiger partial charge in [-0.1, -0.05) is 0 Å². The van der Waals surface area contributed by atoms with E-state index >= 15 is 0 Å². The highest BCUT2D eigenvalue weighted by Crippen LogP contribution is 2.26. The first kappa shape index (κ1) is 18.6. The SMILES string of the molecule is CC(C)(C)OC(=O)N1CC[C@H](C(=O)Nc2ccc3scnc3c2)[C@@H](F)C1. The van der Waals surface area contributed by atoms with Gasteiger partial charge in [0.2, 0.25) is 5.91 Å². The van der Waals surface area contributed by atoms with E-state index < -0.39 is 23.8 Å². The van der Waals surface area contributed by atoms with Crippen molar-refractivity contribution in [2.24, 2.45) is 5.92 Å². The zero-order valence-corrected chi connectivity index (χ0v) is 15.8. The average molecular weight is 379 g/mol. The Morgan fingerprint density at radius 3 is 2.85 bits per heavy atom. The molecular weight excluding hydrogens is 357 g/mol. The number of carbonyl (C=O) groups is 2. The highest BCUT2D eigenvalue weighted by Gasteiger charge is 2.37. The van der Waals surface area contributed by atoms with E-state index in [9.17, 15) is 14.0 Å². The second-order valence-electron chi connectivity index (χ2n) is 7.36. The summed E-state index contributed by atoms with van der Waals surface area (Å²) in [4.78, 5) is 30.0. The minimum absolute atomic E-state index is 0.141. The Morgan fingerprint density at radius 2 is 2.15 bits per heavy atom. The number of benzene rings is 1. The summed E-state index contributed by atoms with van der Waals surface area (Å²) in [7, 11) is 0. The predicted octanol–water partition coefficient (Wildman–Crippen LogP) is 3.83. The molecule has 3 rings (SSSR count). The van der Waals surface area contributed by atoms with Crippen molar-refractivity contribution < 1.29 is 18.7 Å². The molecule has 140 valence electrons. The van der Waals surface area contributed by atoms with Crippen molar-refractivity contribution in [1.29, 1.82) is 0 Å². The van der Waals surface area contributed by atoms with Gasteiger partial charge >= 0.3 is 6.09 Å². The van der Waals surface area contributed by atoms with Gasteiger partial charge in [0, 0.05) is 12.2 Å². The minimum atomic E-state index is -1.43. The van der Waals surface area contributed by atoms with Crippen LogP contribution in [-0.2, 0) is 9.53 Å². The molecule has 1 fully saturated rings. The number of piperidine rings is 1. The number of nitrogens with zero attached hydrogens (tertiary/aromatic N) is 2. The summed E-state index contributed by atoms with van der Waals surface area (Å²) in [5.74, 6) is -1.17. The lowest BCUT2D eigenvalue weighted by Crippen LogP contribution is -2.49. The number of amides is 2. The average Bonchev–Trinajstić information content (AvgIpc) is 3.00. The highest BCUT2D eigenvalue weighted by atomic mass is 32.1. The minimum Gasteiger partial charge on any atom is -0.444 e. The lowest BCUT2D eigenvalue weighted by atomic mass is 9.94. The molecule has 0 spiro atoms. The summed E-state index contributed by atoms with van der Waals surface area (Å²) in [6.07, 6.45) is -1.72. The zero-order chi connectivity index (χ0) is 18.9. The molecule has 0 unspecified atom stereocenters. The van der Waals surface area contributed by atoms with E-state index in [-0.39, 0.29) is 18.9 Å². The maximum absolute atomic E-state index is 14.5. The van der Waals surface area contributed by atoms with Gasteiger partial charge in [0.05, 0.1) is 28.2 Å². The molecule has 0 saturated carbocycles. The van der Waals surface area contributed by atoms with Crippen molar-refractivity contribution in [2.75, 3.05) is 18.4 Å². The fourth-order valence-electron chi connectivity index (χ4n) is 2.86. The van der Waals surface area contributed by atoms with E-state index in [0.29, 0.717) is 12.2 Å². The Kier molecular flexibility index (Phi) is 5.13. The van der Waals surface area contributed by atoms with Gasteiger partial charge < -0.3 is 15.0 Å². The van der Waals surface area contributed by atoms with Gasteiger partial charge in [-0.3, -0.25) is 4.79 Å². The molecule has 0 bridgehead atoms. The van der Waals surface area contributed by atoms with E-state index in [1.807, 2.05) is 6.07 Å². The van der Waals surface area contributed by atoms with Crippen LogP contribution in [0.3, 0.4) is 0 Å². The first-order valence-electron chi connectivity index (χ1n) is 8.49. The van der Waals surface area contributed by atoms with Gasteiger partial charge in [0.15, 0.2) is 0 Å². The lowest BCUT2D eigenvalue weighted by molar-refractivity contribution is -0.123. The molecule has 0 radical (unpaired) electrons. The number of aromatic nitrogens is 1. The third kappa shape index (κ3) is 4.30. The Labute approximate surface area is 155 Å². The van der Waals surface area contributed by atoms with E-state index in [1.54, 1.807) is 38.4 Å². The summed E-state index contributed by atoms with van der Waals surface area (Å²) < 4.78 is 20.8. The molecular formula is C18H22FN3O3S. The van der Waals surface area contributed by atoms with Gasteiger partial charge in [-0.15, -0.1) is 11.3 Å². The lowest BCUT2D eigenvalue weighted by Gasteiger charge is -2.35. The second kappa shape index (κ2) is 7.19. The standard InChI is InChI=1S/C18H22FN3O3S/c1-18(2,3)25-17(24)22-7-6-12(13(19)9-22)16(23)21-11-4-5-15-14(8-11)20-10-26-15/h4-5,8,10,12-13H,6-7,9H2,1-3H3,(H,21,23)/t12-,13-/m0/s1. The van der Waals surface area contributed by atoms with Crippen LogP contribution >= 0.6 is 11.3 Å². The molecule has 8 heteroatoms. The van der Waals surface area contributed by atoms with Gasteiger partial charge in [-0.2, -0.15) is 0 Å². The maximum atomic E-state index is 14.5. The number of alkyl halides is 1. The molecule has 2 atom stereocenters. The first-order chi connectivity index (χ1) is 12.2. The fourth-order valence-corrected chi connectivity index (χ4v) is 3.52. The molecule has 1 aliphatic rings. The number of fused-ring (bicyclic) bond motifs is 1. The number of thiazole rings is 1. The summed E-state index contributed by atoms with van der Waals surface area (Å²) in [5, 5.41) is 2.76. The third-order valence-corrected chi connectivity index (χ3v) is 4.94. The van der Waals surface area contributed by atoms with Crippen molar-refractivity contribution in [3.63, 3.8) is 0 Å². The summed E-state index contributed by atoms with van der Waals surface area (Å²) >= 11 is 1.52. The van der Waals surface area contributed by atoms with E-state index in [0.717, 1.165) is 10.2 Å². The molecule has 0 aliphatic carbocycles.